The van der Waals surface area contributed by atoms with E-state index in [1.165, 1.54) is 29.2 Å². The van der Waals surface area contributed by atoms with Gasteiger partial charge >= 0.3 is 0 Å². The van der Waals surface area contributed by atoms with Crippen LogP contribution in [0.15, 0.2) is 97.7 Å². The molecule has 3 aromatic heterocycles. The predicted molar refractivity (Wildman–Crippen MR) is 163 cm³/mol. The van der Waals surface area contributed by atoms with E-state index in [1.807, 2.05) is 41.2 Å². The summed E-state index contributed by atoms with van der Waals surface area (Å²) in [7, 11) is 0. The standard InChI is InChI=1S/C33H25ClF2N8O/c34-26-10-13-29(44-19-38-41-42-44)32(33(26)36)23-7-11-28(37-16-23)30(15-20-1-8-25(35)9-2-20)43-18-24(17-39-43)21-3-5-22(6-4-21)27-12-14-31(45)40-27/h1-11,13,16-19,27,30H,12,14-15H2,(H,40,45). The smallest absolute Gasteiger partial charge is 0.220 e. The number of aromatic nitrogens is 7. The van der Waals surface area contributed by atoms with Crippen molar-refractivity contribution in [3.05, 3.63) is 131 Å². The molecule has 4 heterocycles. The first-order valence-electron chi connectivity index (χ1n) is 14.3. The second-order valence-corrected chi connectivity index (χ2v) is 11.2. The fourth-order valence-corrected chi connectivity index (χ4v) is 5.79. The number of hydrogen-bond acceptors (Lipinski definition) is 6. The highest BCUT2D eigenvalue weighted by Crippen LogP contribution is 2.34. The van der Waals surface area contributed by atoms with Crippen molar-refractivity contribution >= 4 is 17.5 Å². The van der Waals surface area contributed by atoms with Crippen molar-refractivity contribution in [2.75, 3.05) is 0 Å². The van der Waals surface area contributed by atoms with Crippen LogP contribution in [0, 0.1) is 11.6 Å². The van der Waals surface area contributed by atoms with Crippen molar-refractivity contribution in [2.45, 2.75) is 31.3 Å². The molecular weight excluding hydrogens is 598 g/mol. The zero-order chi connectivity index (χ0) is 30.9. The molecule has 2 unspecified atom stereocenters. The number of benzene rings is 3. The van der Waals surface area contributed by atoms with Crippen LogP contribution in [-0.4, -0.2) is 40.9 Å². The van der Waals surface area contributed by atoms with Crippen LogP contribution in [-0.2, 0) is 11.2 Å². The number of amides is 1. The van der Waals surface area contributed by atoms with Gasteiger partial charge in [0, 0.05) is 41.9 Å². The number of tetrazole rings is 1. The van der Waals surface area contributed by atoms with Crippen molar-refractivity contribution in [1.29, 1.82) is 0 Å². The molecule has 7 rings (SSSR count). The minimum atomic E-state index is -0.611. The first kappa shape index (κ1) is 28.5. The maximum absolute atomic E-state index is 15.4. The summed E-state index contributed by atoms with van der Waals surface area (Å²) >= 11 is 6.15. The molecule has 224 valence electrons. The molecule has 0 radical (unpaired) electrons. The van der Waals surface area contributed by atoms with Crippen LogP contribution in [0.3, 0.4) is 0 Å². The number of carbonyl (C=O) groups is 1. The summed E-state index contributed by atoms with van der Waals surface area (Å²) in [6.07, 6.45) is 8.51. The van der Waals surface area contributed by atoms with Gasteiger partial charge in [0.15, 0.2) is 5.82 Å². The maximum Gasteiger partial charge on any atom is 0.220 e. The topological polar surface area (TPSA) is 103 Å². The van der Waals surface area contributed by atoms with Crippen LogP contribution in [0.1, 0.15) is 41.7 Å². The molecule has 2 atom stereocenters. The second-order valence-electron chi connectivity index (χ2n) is 10.8. The van der Waals surface area contributed by atoms with Crippen molar-refractivity contribution in [3.63, 3.8) is 0 Å². The third kappa shape index (κ3) is 5.82. The predicted octanol–water partition coefficient (Wildman–Crippen LogP) is 6.30. The number of carbonyl (C=O) groups excluding carboxylic acids is 1. The Kier molecular flexibility index (Phi) is 7.60. The number of nitrogens with zero attached hydrogens (tertiary/aromatic N) is 7. The van der Waals surface area contributed by atoms with E-state index in [0.29, 0.717) is 29.8 Å². The van der Waals surface area contributed by atoms with Crippen LogP contribution in [0.5, 0.6) is 0 Å². The van der Waals surface area contributed by atoms with Crippen LogP contribution in [0.25, 0.3) is 27.9 Å². The maximum atomic E-state index is 15.4. The molecule has 12 heteroatoms. The van der Waals surface area contributed by atoms with Crippen LogP contribution in [0.4, 0.5) is 8.78 Å². The molecule has 0 aliphatic carbocycles. The zero-order valence-electron chi connectivity index (χ0n) is 23.7. The van der Waals surface area contributed by atoms with Crippen molar-refractivity contribution < 1.29 is 13.6 Å². The average Bonchev–Trinajstić information content (AvgIpc) is 3.86. The lowest BCUT2D eigenvalue weighted by atomic mass is 10.00. The van der Waals surface area contributed by atoms with Gasteiger partial charge in [0.2, 0.25) is 5.91 Å². The zero-order valence-corrected chi connectivity index (χ0v) is 24.4. The molecule has 0 saturated carbocycles. The summed E-state index contributed by atoms with van der Waals surface area (Å²) in [5.74, 6) is -0.855. The van der Waals surface area contributed by atoms with E-state index in [-0.39, 0.29) is 34.4 Å². The van der Waals surface area contributed by atoms with E-state index in [2.05, 4.69) is 25.9 Å². The Bertz CT molecular complexity index is 1960. The lowest BCUT2D eigenvalue weighted by molar-refractivity contribution is -0.119. The van der Waals surface area contributed by atoms with Gasteiger partial charge in [-0.25, -0.2) is 8.78 Å². The molecule has 1 fully saturated rings. The van der Waals surface area contributed by atoms with Gasteiger partial charge in [0.1, 0.15) is 12.1 Å². The van der Waals surface area contributed by atoms with Gasteiger partial charge in [0.05, 0.1) is 34.7 Å². The molecule has 9 nitrogen and oxygen atoms in total. The third-order valence-corrected chi connectivity index (χ3v) is 8.28. The molecule has 1 saturated heterocycles. The molecule has 45 heavy (non-hydrogen) atoms. The van der Waals surface area contributed by atoms with E-state index >= 15 is 4.39 Å². The lowest BCUT2D eigenvalue weighted by Crippen LogP contribution is -2.18. The number of pyridine rings is 1. The van der Waals surface area contributed by atoms with Gasteiger partial charge in [-0.2, -0.15) is 9.78 Å². The minimum absolute atomic E-state index is 0.0350. The summed E-state index contributed by atoms with van der Waals surface area (Å²) in [4.78, 5) is 16.4. The first-order valence-corrected chi connectivity index (χ1v) is 14.7. The normalized spacial score (nSPS) is 15.3. The Morgan fingerprint density at radius 2 is 1.73 bits per heavy atom. The summed E-state index contributed by atoms with van der Waals surface area (Å²) in [5.41, 5.74) is 5.64. The van der Waals surface area contributed by atoms with Gasteiger partial charge in [-0.1, -0.05) is 54.1 Å². The second kappa shape index (κ2) is 12.0. The van der Waals surface area contributed by atoms with Gasteiger partial charge in [-0.15, -0.1) is 5.10 Å². The first-order chi connectivity index (χ1) is 21.9. The fourth-order valence-electron chi connectivity index (χ4n) is 5.63. The van der Waals surface area contributed by atoms with Crippen molar-refractivity contribution in [3.8, 4) is 27.9 Å². The number of halogens is 3. The molecule has 0 spiro atoms. The summed E-state index contributed by atoms with van der Waals surface area (Å²) in [6, 6.07) is 20.8. The fraction of sp³-hybridized carbons (Fsp3) is 0.152. The van der Waals surface area contributed by atoms with E-state index in [4.69, 9.17) is 16.6 Å². The van der Waals surface area contributed by atoms with Gasteiger partial charge < -0.3 is 5.32 Å². The Morgan fingerprint density at radius 1 is 0.933 bits per heavy atom. The third-order valence-electron chi connectivity index (χ3n) is 7.99. The summed E-state index contributed by atoms with van der Waals surface area (Å²) in [5, 5.41) is 18.9. The highest BCUT2D eigenvalue weighted by atomic mass is 35.5. The van der Waals surface area contributed by atoms with E-state index in [1.54, 1.807) is 36.7 Å². The molecule has 6 aromatic rings. The molecule has 0 bridgehead atoms. The van der Waals surface area contributed by atoms with E-state index in [0.717, 1.165) is 28.7 Å². The molecule has 1 aliphatic heterocycles. The number of nitrogens with one attached hydrogen (secondary N) is 1. The molecule has 1 N–H and O–H groups in total. The number of hydrogen-bond donors (Lipinski definition) is 1. The largest absolute Gasteiger partial charge is 0.349 e. The molecular formula is C33H25ClF2N8O. The van der Waals surface area contributed by atoms with Crippen LogP contribution < -0.4 is 5.32 Å². The van der Waals surface area contributed by atoms with E-state index in [9.17, 15) is 9.18 Å². The Balaban J connectivity index is 1.22. The molecule has 1 amide bonds. The van der Waals surface area contributed by atoms with Gasteiger partial charge in [-0.3, -0.25) is 14.5 Å². The number of rotatable bonds is 8. The Labute approximate surface area is 261 Å². The van der Waals surface area contributed by atoms with Crippen molar-refractivity contribution in [2.24, 2.45) is 0 Å². The Hall–Kier alpha value is -5.29. The summed E-state index contributed by atoms with van der Waals surface area (Å²) in [6.45, 7) is 0. The van der Waals surface area contributed by atoms with Crippen LogP contribution >= 0.6 is 11.6 Å². The monoisotopic (exact) mass is 622 g/mol. The molecule has 3 aromatic carbocycles. The van der Waals surface area contributed by atoms with Gasteiger partial charge in [-0.05, 0) is 63.9 Å². The quantitative estimate of drug-likeness (QED) is 0.214. The lowest BCUT2D eigenvalue weighted by Gasteiger charge is -2.18. The highest BCUT2D eigenvalue weighted by molar-refractivity contribution is 6.31. The Morgan fingerprint density at radius 3 is 2.42 bits per heavy atom. The highest BCUT2D eigenvalue weighted by Gasteiger charge is 2.23. The van der Waals surface area contributed by atoms with Crippen LogP contribution in [0.2, 0.25) is 5.02 Å². The molecule has 1 aliphatic rings. The van der Waals surface area contributed by atoms with Crippen molar-refractivity contribution in [1.82, 2.24) is 40.3 Å². The SMILES string of the molecule is O=C1CCC(c2ccc(-c3cnn(C(Cc4ccc(F)cc4)c4ccc(-c5c(-n6cnnn6)ccc(Cl)c5F)cn4)c3)cc2)N1. The van der Waals surface area contributed by atoms with E-state index < -0.39 is 5.82 Å². The minimum Gasteiger partial charge on any atom is -0.349 e. The van der Waals surface area contributed by atoms with Gasteiger partial charge in [0.25, 0.3) is 0 Å². The average molecular weight is 623 g/mol. The summed E-state index contributed by atoms with van der Waals surface area (Å²) < 4.78 is 32.3.